The first kappa shape index (κ1) is 137. The van der Waals surface area contributed by atoms with Gasteiger partial charge in [0.2, 0.25) is 0 Å². The van der Waals surface area contributed by atoms with Crippen molar-refractivity contribution in [3.63, 3.8) is 0 Å². The van der Waals surface area contributed by atoms with Crippen molar-refractivity contribution in [1.29, 1.82) is 0 Å². The summed E-state index contributed by atoms with van der Waals surface area (Å²) < 4.78 is 101. The van der Waals surface area contributed by atoms with Crippen LogP contribution in [0.2, 0.25) is 0 Å². The third-order valence-corrected chi connectivity index (χ3v) is 16.0. The van der Waals surface area contributed by atoms with Gasteiger partial charge in [-0.25, -0.2) is 41.8 Å². The molecule has 0 unspecified atom stereocenters. The molecule has 0 atom stereocenters. The minimum absolute atomic E-state index is 0. The summed E-state index contributed by atoms with van der Waals surface area (Å²) in [5.74, 6) is 4.54. The smallest absolute Gasteiger partial charge is 1.00 e. The molecule has 0 fully saturated rings. The largest absolute Gasteiger partial charge is 2.00 e. The molecule has 8 N–H and O–H groups in total. The summed E-state index contributed by atoms with van der Waals surface area (Å²) in [5.41, 5.74) is 17.6. The molecule has 722 valence electrons. The van der Waals surface area contributed by atoms with Gasteiger partial charge in [-0.15, -0.1) is 24.8 Å². The van der Waals surface area contributed by atoms with Crippen LogP contribution in [-0.4, -0.2) is 183 Å². The number of alkyl carbamates (subject to hydrolysis) is 4. The van der Waals surface area contributed by atoms with Gasteiger partial charge in [0.1, 0.15) is 63.4 Å². The van der Waals surface area contributed by atoms with Gasteiger partial charge in [-0.05, 0) is 264 Å². The van der Waals surface area contributed by atoms with Crippen LogP contribution in [0, 0.1) is 6.92 Å². The number of aryl methyl sites for hydroxylation is 5. The molecule has 0 saturated heterocycles. The van der Waals surface area contributed by atoms with Gasteiger partial charge in [0.05, 0.1) is 81.6 Å². The van der Waals surface area contributed by atoms with Gasteiger partial charge >= 0.3 is 47.4 Å². The van der Waals surface area contributed by atoms with Crippen molar-refractivity contribution in [2.75, 3.05) is 96.1 Å². The van der Waals surface area contributed by atoms with Crippen LogP contribution < -0.4 is 78.1 Å². The molecular weight excluding hydrogens is 1770 g/mol. The second kappa shape index (κ2) is 77.6. The van der Waals surface area contributed by atoms with Crippen LogP contribution in [0.4, 0.5) is 36.7 Å². The summed E-state index contributed by atoms with van der Waals surface area (Å²) in [5, 5.41) is 10.9. The molecule has 0 aromatic heterocycles. The summed E-state index contributed by atoms with van der Waals surface area (Å²) in [6.45, 7) is 25.7. The Hall–Kier alpha value is -9.27. The van der Waals surface area contributed by atoms with E-state index in [9.17, 15) is 46.3 Å². The van der Waals surface area contributed by atoms with Crippen molar-refractivity contribution < 1.29 is 116 Å². The van der Waals surface area contributed by atoms with E-state index in [0.29, 0.717) is 99.0 Å². The Bertz CT molecular complexity index is 3820. The topological polar surface area (TPSA) is 307 Å². The number of hydroxylamine groups is 2. The second-order valence-electron chi connectivity index (χ2n) is 30.4. The summed E-state index contributed by atoms with van der Waals surface area (Å²) in [6.07, 6.45) is 7.22. The number of likely N-dealkylation sites (N-methyl/N-ethyl adjacent to an activating group) is 1. The number of methoxy groups -OCH3 is 6. The monoisotopic (exact) mass is 1920 g/mol. The number of Topliss-reactive ketones (excluding diaryl/α,β-unsaturated/α-hetero) is 1. The zero-order chi connectivity index (χ0) is 90.7. The van der Waals surface area contributed by atoms with E-state index in [1.807, 2.05) is 146 Å². The first-order valence-corrected chi connectivity index (χ1v) is 39.0. The van der Waals surface area contributed by atoms with Gasteiger partial charge in [-0.2, -0.15) is 6.42 Å². The fourth-order valence-electron chi connectivity index (χ4n) is 9.27. The number of nitrogens with one attached hydrogen (secondary N) is 4. The van der Waals surface area contributed by atoms with E-state index in [4.69, 9.17) is 58.8 Å². The number of halogens is 7. The average molecular weight is 1930 g/mol. The van der Waals surface area contributed by atoms with E-state index in [2.05, 4.69) is 33.0 Å². The molecule has 0 heterocycles. The molecule has 0 aliphatic heterocycles. The average Bonchev–Trinajstić information content (AvgIpc) is 1.03. The summed E-state index contributed by atoms with van der Waals surface area (Å²) >= 11 is 0. The quantitative estimate of drug-likeness (QED) is 0.00733. The zero-order valence-corrected chi connectivity index (χ0v) is 80.5. The van der Waals surface area contributed by atoms with Crippen LogP contribution in [0.1, 0.15) is 178 Å². The molecule has 0 spiro atoms. The van der Waals surface area contributed by atoms with Crippen molar-refractivity contribution >= 4 is 83.9 Å². The van der Waals surface area contributed by atoms with E-state index < -0.39 is 46.8 Å². The minimum atomic E-state index is -0.625. The first-order chi connectivity index (χ1) is 56.7. The van der Waals surface area contributed by atoms with Gasteiger partial charge in [0.15, 0.2) is 5.78 Å². The van der Waals surface area contributed by atoms with E-state index in [-0.39, 0.29) is 146 Å². The third-order valence-electron chi connectivity index (χ3n) is 16.0. The maximum absolute atomic E-state index is 12.9. The number of carbonyl (C=O) groups excluding carboxylic acids is 6. The van der Waals surface area contributed by atoms with Crippen LogP contribution in [0.5, 0.6) is 34.5 Å². The van der Waals surface area contributed by atoms with E-state index in [1.54, 1.807) is 126 Å². The van der Waals surface area contributed by atoms with Gasteiger partial charge in [0, 0.05) is 39.6 Å². The van der Waals surface area contributed by atoms with Crippen molar-refractivity contribution in [2.45, 2.75) is 206 Å². The maximum Gasteiger partial charge on any atom is 2.00 e. The Labute approximate surface area is 801 Å². The number of ketones is 1. The molecule has 24 nitrogen and oxygen atoms in total. The first-order valence-electron chi connectivity index (χ1n) is 39.0. The van der Waals surface area contributed by atoms with Crippen LogP contribution in [-0.2, 0) is 71.9 Å². The summed E-state index contributed by atoms with van der Waals surface area (Å²) in [4.78, 5) is 73.1. The summed E-state index contributed by atoms with van der Waals surface area (Å²) in [6, 6.07) is 46.2. The van der Waals surface area contributed by atoms with Gasteiger partial charge in [-0.3, -0.25) is 14.4 Å². The number of hydrogen-bond donors (Lipinski definition) is 6. The predicted molar refractivity (Wildman–Crippen MR) is 512 cm³/mol. The van der Waals surface area contributed by atoms with Crippen LogP contribution in [0.3, 0.4) is 0 Å². The van der Waals surface area contributed by atoms with E-state index in [0.717, 1.165) is 86.6 Å². The number of carbonyl (C=O) groups is 6. The molecule has 0 aliphatic rings. The SMILES string of the molecule is C.C.C.C.CON(C)C(=O)CNC(=O)OC(C)(C)C.COc1ccc(CC/C(=C/F)CN)cc1.COc1ccc(CC/C(=C/F)CNC(=O)OC(C)(C)C)cc1.COc1ccc(CC/C(=C\F)CN)cc1.COc1ccc(CC/C(=C\F)CNC(=O)OC(C)(C)C)cc1.COc1ccc(CCC(=O)CNC(=O)OC(C)(C)C)cc1.Cl.Cl.[Br-].[CH2-]Cc1ccc(OC)cc1.[Mg+2]. The molecule has 0 saturated carbocycles. The fourth-order valence-corrected chi connectivity index (χ4v) is 9.27. The standard InChI is InChI=1S/2C17H24FNO3.C16H23NO4.2C12H16FNO.C9H18N2O4.C9H11O.4CH4.BrH.2ClH.Mg/c2*1-17(2,3)22-16(20)19-12-14(11-18)6-5-13-7-9-15(21-4)10-8-13;1-16(2,3)21-15(19)17-11-13(18)8-5-12-6-9-14(20-4)10-7-12;2*1-15-12-6-4-10(5-7-12)2-3-11(8-13)9-14;1-9(2,3)15-8(13)10-6-7(12)11(4)14-5;1-3-8-4-6-9(10-2)7-5-8;;;;;;;;/h2*7-11H,5-6,12H2,1-4H3,(H,19,20);6-7,9-10H,5,8,11H2,1-4H3,(H,17,19);2*4-8H,2-3,9,14H2,1H3;6H2,1-5H3,(H,10,13);4-7H,1,3H2,2H3;4*1H4;3*1H;/q;;;;;;-1;;;;;;;;+2/p-1/b14-11+;14-11-;;11-8+;11-8-;;;;;;;;;;. The minimum Gasteiger partial charge on any atom is -1.00 e. The van der Waals surface area contributed by atoms with Gasteiger partial charge in [-0.1, -0.05) is 108 Å². The number of nitrogens with two attached hydrogens (primary N) is 2. The Balaban J connectivity index is -0.000000185. The number of hydrogen-bond acceptors (Lipinski definition) is 19. The molecule has 6 aromatic carbocycles. The van der Waals surface area contributed by atoms with Crippen molar-refractivity contribution in [2.24, 2.45) is 11.5 Å². The molecule has 0 bridgehead atoms. The number of ether oxygens (including phenoxy) is 10. The van der Waals surface area contributed by atoms with Gasteiger partial charge in [0.25, 0.3) is 5.91 Å². The van der Waals surface area contributed by atoms with Crippen LogP contribution >= 0.6 is 24.8 Å². The zero-order valence-electron chi connectivity index (χ0n) is 75.8. The van der Waals surface area contributed by atoms with Crippen molar-refractivity contribution in [3.05, 3.63) is 234 Å². The molecule has 6 aromatic rings. The van der Waals surface area contributed by atoms with Crippen LogP contribution in [0.15, 0.2) is 193 Å². The number of amides is 5. The van der Waals surface area contributed by atoms with E-state index in [1.165, 1.54) is 19.7 Å². The van der Waals surface area contributed by atoms with Crippen LogP contribution in [0.25, 0.3) is 0 Å². The number of nitrogens with zero attached hydrogens (tertiary/aromatic N) is 1. The molecular formula is C96H150BrCl2F4MgN7O17. The molecule has 32 heteroatoms. The Morgan fingerprint density at radius 3 is 0.727 bits per heavy atom. The predicted octanol–water partition coefficient (Wildman–Crippen LogP) is 18.2. The normalized spacial score (nSPS) is 10.6. The van der Waals surface area contributed by atoms with Crippen molar-refractivity contribution in [3.8, 4) is 34.5 Å². The van der Waals surface area contributed by atoms with Gasteiger partial charge < -0.3 is 104 Å². The van der Waals surface area contributed by atoms with Crippen molar-refractivity contribution in [1.82, 2.24) is 26.3 Å². The fraction of sp³-hybridized carbons (Fsp3) is 0.469. The van der Waals surface area contributed by atoms with E-state index >= 15 is 0 Å². The molecule has 128 heavy (non-hydrogen) atoms. The molecule has 5 amide bonds. The molecule has 0 radical (unpaired) electrons. The Morgan fingerprint density at radius 1 is 0.344 bits per heavy atom. The summed E-state index contributed by atoms with van der Waals surface area (Å²) in [7, 11) is 12.6. The number of rotatable bonds is 33. The third kappa shape index (κ3) is 71.6. The molecule has 6 rings (SSSR count). The maximum atomic E-state index is 12.9. The number of benzene rings is 6. The Morgan fingerprint density at radius 2 is 0.539 bits per heavy atom. The molecule has 0 aliphatic carbocycles. The Kier molecular flexibility index (Phi) is 82.9. The second-order valence-corrected chi connectivity index (χ2v) is 30.4.